The van der Waals surface area contributed by atoms with E-state index < -0.39 is 104 Å². The van der Waals surface area contributed by atoms with E-state index in [9.17, 15) is 79.2 Å². The molecule has 2 aliphatic rings. The Labute approximate surface area is 592 Å². The first-order valence-electron chi connectivity index (χ1n) is 29.7. The quantitative estimate of drug-likeness (QED) is 0.0394. The summed E-state index contributed by atoms with van der Waals surface area (Å²) in [6.45, 7) is 9.88. The van der Waals surface area contributed by atoms with E-state index in [1.807, 2.05) is 39.3 Å². The minimum absolute atomic E-state index is 0. The molecule has 0 aromatic heterocycles. The number of carbonyl (C=O) groups is 8. The van der Waals surface area contributed by atoms with Crippen LogP contribution in [0.15, 0.2) is 72.8 Å². The summed E-state index contributed by atoms with van der Waals surface area (Å²) in [5.41, 5.74) is -0.102. The summed E-state index contributed by atoms with van der Waals surface area (Å²) in [5, 5.41) is 75.9. The number of aliphatic hydroxyl groups excluding tert-OH is 4. The lowest BCUT2D eigenvalue weighted by Gasteiger charge is -2.31. The van der Waals surface area contributed by atoms with Crippen LogP contribution >= 0.6 is 22.2 Å². The Morgan fingerprint density at radius 1 is 0.485 bits per heavy atom. The Morgan fingerprint density at radius 2 is 0.742 bits per heavy atom. The van der Waals surface area contributed by atoms with Gasteiger partial charge in [-0.15, -0.1) is 22.2 Å². The van der Waals surface area contributed by atoms with E-state index in [-0.39, 0.29) is 143 Å². The number of carboxylic acid groups (broad SMARTS) is 4. The number of hydrogen-bond donors (Lipinski definition) is 8. The zero-order valence-corrected chi connectivity index (χ0v) is 58.8. The molecule has 0 saturated carbocycles. The Kier molecular flexibility index (Phi) is 39.8. The number of benzene rings is 4. The SMILES string of the molecule is C.C[Si](C)(Cl)Cl.C[Si]1(C)OCCN(C(=O)c2ccc(-c3ccc(C(=O)O)c(C(=O)N4CCO[Si](C)(C)OCC4)c3)cc2C(=O)O)CCO1.O=C(O)c1cc(-c2ccc(C(=O)O)c(C(=O)N(CCO)CCO)c2)ccc1C(=O)N(CCO)CCO.[B][B].[B][B]B([B])B(B([B])[B])B([B])[B]. The van der Waals surface area contributed by atoms with Crippen LogP contribution in [0.3, 0.4) is 0 Å². The fourth-order valence-corrected chi connectivity index (χ4v) is 11.9. The van der Waals surface area contributed by atoms with Crippen molar-refractivity contribution in [1.29, 1.82) is 0 Å². The zero-order chi connectivity index (χ0) is 73.0. The number of halogens is 2. The normalized spacial score (nSPS) is 13.9. The number of aromatic carboxylic acids is 4. The van der Waals surface area contributed by atoms with Gasteiger partial charge in [-0.2, -0.15) is 0 Å². The molecule has 42 heteroatoms. The smallest absolute Gasteiger partial charge is 0.336 e. The maximum Gasteiger partial charge on any atom is 0.336 e. The average Bonchev–Trinajstić information content (AvgIpc) is 0.796. The summed E-state index contributed by atoms with van der Waals surface area (Å²) < 4.78 is 23.2. The van der Waals surface area contributed by atoms with Crippen LogP contribution in [0, 0.1) is 0 Å². The highest BCUT2D eigenvalue weighted by Crippen LogP contribution is 2.30. The second-order valence-electron chi connectivity index (χ2n) is 22.3. The fourth-order valence-electron chi connectivity index (χ4n) is 9.36. The van der Waals surface area contributed by atoms with Gasteiger partial charge in [-0.1, -0.05) is 31.7 Å². The van der Waals surface area contributed by atoms with E-state index in [2.05, 4.69) is 15.5 Å². The van der Waals surface area contributed by atoms with Gasteiger partial charge in [0.1, 0.15) is 0 Å². The maximum atomic E-state index is 13.5. The summed E-state index contributed by atoms with van der Waals surface area (Å²) in [6, 6.07) is 16.4. The van der Waals surface area contributed by atoms with Crippen LogP contribution in [0.1, 0.15) is 90.3 Å². The van der Waals surface area contributed by atoms with Gasteiger partial charge in [0, 0.05) is 147 Å². The molecule has 97 heavy (non-hydrogen) atoms. The lowest BCUT2D eigenvalue weighted by molar-refractivity contribution is 0.0581. The molecule has 6 rings (SSSR count). The molecule has 2 aliphatic heterocycles. The first kappa shape index (κ1) is 89.4. The van der Waals surface area contributed by atoms with Gasteiger partial charge in [0.2, 0.25) is 6.69 Å². The van der Waals surface area contributed by atoms with Crippen LogP contribution in [-0.2, 0) is 17.7 Å². The fraction of sp³-hybridized carbons (Fsp3) is 0.418. The van der Waals surface area contributed by atoms with Gasteiger partial charge in [0.25, 0.3) is 23.6 Å². The van der Waals surface area contributed by atoms with Crippen LogP contribution in [0.4, 0.5) is 0 Å². The van der Waals surface area contributed by atoms with Gasteiger partial charge < -0.3 is 78.2 Å². The summed E-state index contributed by atoms with van der Waals surface area (Å²) >= 11 is 10.9. The molecule has 24 nitrogen and oxygen atoms in total. The Balaban J connectivity index is 0.000000774. The number of carbonyl (C=O) groups excluding carboxylic acids is 4. The molecule has 4 amide bonds. The Hall–Kier alpha value is -5.61. The van der Waals surface area contributed by atoms with Crippen LogP contribution in [0.25, 0.3) is 22.3 Å². The van der Waals surface area contributed by atoms with Crippen molar-refractivity contribution in [3.8, 4) is 22.3 Å². The summed E-state index contributed by atoms with van der Waals surface area (Å²) in [4.78, 5) is 106. The van der Waals surface area contributed by atoms with Crippen molar-refractivity contribution in [1.82, 2.24) is 19.6 Å². The van der Waals surface area contributed by atoms with E-state index in [1.165, 1.54) is 83.6 Å². The minimum atomic E-state index is -2.27. The van der Waals surface area contributed by atoms with Gasteiger partial charge >= 0.3 is 41.0 Å². The number of aliphatic hydroxyl groups is 4. The molecule has 0 spiro atoms. The molecule has 0 aliphatic carbocycles. The predicted molar refractivity (Wildman–Crippen MR) is 393 cm³/mol. The first-order valence-corrected chi connectivity index (χ1v) is 40.3. The second kappa shape index (κ2) is 43.1. The van der Waals surface area contributed by atoms with Crippen molar-refractivity contribution in [3.05, 3.63) is 117 Å². The molecule has 4 aromatic carbocycles. The predicted octanol–water partition coefficient (Wildman–Crippen LogP) is 0.587. The summed E-state index contributed by atoms with van der Waals surface area (Å²) in [7, 11) is 37.0. The molecule has 2 heterocycles. The monoisotopic (exact) mass is 1410 g/mol. The van der Waals surface area contributed by atoms with Crippen molar-refractivity contribution >= 4 is 188 Å². The van der Waals surface area contributed by atoms with Gasteiger partial charge in [0.05, 0.1) is 97.4 Å². The lowest BCUT2D eigenvalue weighted by Crippen LogP contribution is -2.63. The molecule has 2 fully saturated rings. The van der Waals surface area contributed by atoms with E-state index in [0.717, 1.165) is 9.80 Å². The van der Waals surface area contributed by atoms with E-state index in [4.69, 9.17) is 86.3 Å². The topological polar surface area (TPSA) is 348 Å². The highest BCUT2D eigenvalue weighted by atomic mass is 35.7. The Bertz CT molecular complexity index is 3240. The van der Waals surface area contributed by atoms with Crippen LogP contribution in [0.5, 0.6) is 0 Å². The second-order valence-corrected chi connectivity index (χ2v) is 38.0. The highest BCUT2D eigenvalue weighted by Gasteiger charge is 2.33. The third-order valence-electron chi connectivity index (χ3n) is 14.0. The molecule has 0 atom stereocenters. The Morgan fingerprint density at radius 3 is 1.03 bits per heavy atom. The molecule has 17 radical (unpaired) electrons. The number of hydrogen-bond acceptors (Lipinski definition) is 16. The van der Waals surface area contributed by atoms with Gasteiger partial charge in [-0.25, -0.2) is 19.2 Å². The first-order chi connectivity index (χ1) is 45.0. The molecular weight excluding hydrogens is 1330 g/mol. The van der Waals surface area contributed by atoms with Crippen molar-refractivity contribution in [2.24, 2.45) is 0 Å². The van der Waals surface area contributed by atoms with Gasteiger partial charge in [-0.3, -0.25) is 19.2 Å². The largest absolute Gasteiger partial charge is 0.478 e. The molecule has 8 N–H and O–H groups in total. The van der Waals surface area contributed by atoms with E-state index >= 15 is 0 Å². The zero-order valence-electron chi connectivity index (χ0n) is 54.3. The van der Waals surface area contributed by atoms with Crippen LogP contribution < -0.4 is 0 Å². The van der Waals surface area contributed by atoms with E-state index in [1.54, 1.807) is 6.07 Å². The summed E-state index contributed by atoms with van der Waals surface area (Å²) in [6.07, 6.45) is -2.15. The highest BCUT2D eigenvalue weighted by molar-refractivity contribution is 8.02. The number of rotatable bonds is 22. The number of amides is 4. The van der Waals surface area contributed by atoms with Crippen LogP contribution in [-0.4, -0.2) is 331 Å². The lowest BCUT2D eigenvalue weighted by atomic mass is 8.56. The maximum absolute atomic E-state index is 13.5. The molecule has 499 valence electrons. The number of carboxylic acids is 4. The average molecular weight is 1410 g/mol. The van der Waals surface area contributed by atoms with Crippen molar-refractivity contribution < 1.29 is 96.9 Å². The molecule has 0 bridgehead atoms. The van der Waals surface area contributed by atoms with Crippen molar-refractivity contribution in [2.75, 3.05) is 105 Å². The van der Waals surface area contributed by atoms with Gasteiger partial charge in [-0.05, 0) is 110 Å². The third-order valence-corrected chi connectivity index (χ3v) is 17.6. The minimum Gasteiger partial charge on any atom is -0.478 e. The molecule has 0 unspecified atom stereocenters. The van der Waals surface area contributed by atoms with Crippen molar-refractivity contribution in [2.45, 2.75) is 46.7 Å². The molecule has 2 saturated heterocycles. The summed E-state index contributed by atoms with van der Waals surface area (Å²) in [5.74, 6) is -7.76. The standard InChI is InChI=1S/C28H36N2O10Si2.C24H28N2O10.C2H6Cl2Si.CH4.B11.B2/c1-41(2)37-13-9-29(10-14-38-41)25(31)21-7-5-20(18-24(21)28(35)36)19-6-8-22(27(33)34)23(17-19)26(32)30-11-15-39-42(3,4)40-16-12-30;27-9-5-25(6-10-28)21(31)17-3-1-16(14-20(17)24(35)36)15-2-4-18(23(33)34)19(13-15)22(32)26(7-11-29)8-12-30;1-5(2,3)4;;1-7-10(6)11(8(2)3)9(4)5;1-2/h5-8,17-18H,9-16H2,1-4H3,(H,33,34)(H,35,36);1-4,13-14,27-30H,5-12H2,(H,33,34)(H,35,36);1-2H3;1H4;;. The number of nitrogens with zero attached hydrogens (tertiary/aromatic N) is 4. The van der Waals surface area contributed by atoms with Gasteiger partial charge in [0.15, 0.2) is 0 Å². The van der Waals surface area contributed by atoms with Crippen LogP contribution in [0.2, 0.25) is 39.3 Å². The van der Waals surface area contributed by atoms with E-state index in [0.29, 0.717) is 29.8 Å². The van der Waals surface area contributed by atoms with Crippen molar-refractivity contribution in [3.63, 3.8) is 0 Å². The molecule has 4 aromatic rings. The third kappa shape index (κ3) is 28.9. The molecular formula is C55H74B13Cl2N4O20Si3.